The van der Waals surface area contributed by atoms with Crippen LogP contribution in [0, 0.1) is 5.92 Å². The Hall–Kier alpha value is -2.32. The third-order valence-corrected chi connectivity index (χ3v) is 2.72. The van der Waals surface area contributed by atoms with Crippen LogP contribution in [-0.4, -0.2) is 26.7 Å². The van der Waals surface area contributed by atoms with E-state index in [-0.39, 0.29) is 17.4 Å². The molecule has 0 aliphatic heterocycles. The number of carbonyl (C=O) groups excluding carboxylic acids is 1. The van der Waals surface area contributed by atoms with Gasteiger partial charge in [0.25, 0.3) is 5.56 Å². The average molecular weight is 302 g/mol. The number of nitrogens with zero attached hydrogens (tertiary/aromatic N) is 2. The minimum atomic E-state index is -5.00. The number of rotatable bonds is 3. The van der Waals surface area contributed by atoms with Crippen molar-refractivity contribution in [3.05, 3.63) is 28.2 Å². The molecule has 2 aromatic heterocycles. The van der Waals surface area contributed by atoms with E-state index in [4.69, 9.17) is 0 Å². The van der Waals surface area contributed by atoms with Crippen LogP contribution in [0.2, 0.25) is 0 Å². The molecule has 0 aliphatic carbocycles. The SMILES string of the molecule is CC(C)Cc1c(NC(=O)C(F)(F)F)nn2ccc(=O)[nH]c12. The molecule has 2 N–H and O–H groups in total. The smallest absolute Gasteiger partial charge is 0.307 e. The number of hydrogen-bond acceptors (Lipinski definition) is 3. The van der Waals surface area contributed by atoms with Gasteiger partial charge in [-0.2, -0.15) is 13.2 Å². The van der Waals surface area contributed by atoms with Crippen molar-refractivity contribution in [2.75, 3.05) is 5.32 Å². The van der Waals surface area contributed by atoms with Crippen LogP contribution in [0.15, 0.2) is 17.1 Å². The molecule has 9 heteroatoms. The van der Waals surface area contributed by atoms with Crippen LogP contribution in [0.25, 0.3) is 5.65 Å². The fourth-order valence-electron chi connectivity index (χ4n) is 1.89. The molecular weight excluding hydrogens is 289 g/mol. The number of fused-ring (bicyclic) bond motifs is 1. The van der Waals surface area contributed by atoms with Gasteiger partial charge in [0.15, 0.2) is 5.82 Å². The summed E-state index contributed by atoms with van der Waals surface area (Å²) >= 11 is 0. The molecule has 0 saturated carbocycles. The number of aromatic nitrogens is 3. The Bertz CT molecular complexity index is 730. The second-order valence-electron chi connectivity index (χ2n) is 4.98. The summed E-state index contributed by atoms with van der Waals surface area (Å²) in [6.45, 7) is 3.72. The Balaban J connectivity index is 2.51. The van der Waals surface area contributed by atoms with E-state index >= 15 is 0 Å². The summed E-state index contributed by atoms with van der Waals surface area (Å²) < 4.78 is 38.3. The summed E-state index contributed by atoms with van der Waals surface area (Å²) in [5, 5.41) is 5.62. The van der Waals surface area contributed by atoms with Crippen molar-refractivity contribution in [3.63, 3.8) is 0 Å². The van der Waals surface area contributed by atoms with E-state index in [0.717, 1.165) is 0 Å². The molecule has 0 spiro atoms. The minimum absolute atomic E-state index is 0.100. The second kappa shape index (κ2) is 5.23. The number of H-pyrrole nitrogens is 1. The van der Waals surface area contributed by atoms with Gasteiger partial charge in [0.1, 0.15) is 5.65 Å². The van der Waals surface area contributed by atoms with Gasteiger partial charge in [-0.05, 0) is 12.3 Å². The van der Waals surface area contributed by atoms with Gasteiger partial charge in [0.05, 0.1) is 0 Å². The van der Waals surface area contributed by atoms with Crippen molar-refractivity contribution in [2.24, 2.45) is 5.92 Å². The highest BCUT2D eigenvalue weighted by Crippen LogP contribution is 2.24. The Labute approximate surface area is 117 Å². The molecule has 2 heterocycles. The lowest BCUT2D eigenvalue weighted by molar-refractivity contribution is -0.167. The van der Waals surface area contributed by atoms with Gasteiger partial charge in [-0.3, -0.25) is 9.59 Å². The predicted octanol–water partition coefficient (Wildman–Crippen LogP) is 1.72. The van der Waals surface area contributed by atoms with E-state index in [2.05, 4.69) is 10.1 Å². The molecule has 0 saturated heterocycles. The molecule has 114 valence electrons. The van der Waals surface area contributed by atoms with Crippen LogP contribution in [0.3, 0.4) is 0 Å². The summed E-state index contributed by atoms with van der Waals surface area (Å²) in [5.74, 6) is -2.20. The molecule has 0 aromatic carbocycles. The molecule has 0 unspecified atom stereocenters. The maximum Gasteiger partial charge on any atom is 0.471 e. The summed E-state index contributed by atoms with van der Waals surface area (Å²) in [6, 6.07) is 1.19. The first kappa shape index (κ1) is 15.1. The summed E-state index contributed by atoms with van der Waals surface area (Å²) in [6.07, 6.45) is -3.32. The summed E-state index contributed by atoms with van der Waals surface area (Å²) in [5.41, 5.74) is 0.232. The Morgan fingerprint density at radius 2 is 2.14 bits per heavy atom. The van der Waals surface area contributed by atoms with Crippen molar-refractivity contribution in [1.29, 1.82) is 0 Å². The number of aromatic amines is 1. The summed E-state index contributed by atoms with van der Waals surface area (Å²) in [4.78, 5) is 24.9. The zero-order valence-corrected chi connectivity index (χ0v) is 11.3. The highest BCUT2D eigenvalue weighted by molar-refractivity contribution is 5.95. The molecule has 0 bridgehead atoms. The molecule has 1 amide bonds. The quantitative estimate of drug-likeness (QED) is 0.906. The molecule has 6 nitrogen and oxygen atoms in total. The number of carbonyl (C=O) groups is 1. The van der Waals surface area contributed by atoms with Crippen LogP contribution in [-0.2, 0) is 11.2 Å². The van der Waals surface area contributed by atoms with Crippen LogP contribution >= 0.6 is 0 Å². The van der Waals surface area contributed by atoms with E-state index in [1.807, 2.05) is 13.8 Å². The molecule has 21 heavy (non-hydrogen) atoms. The van der Waals surface area contributed by atoms with Gasteiger partial charge in [-0.1, -0.05) is 13.8 Å². The van der Waals surface area contributed by atoms with Crippen molar-refractivity contribution < 1.29 is 18.0 Å². The van der Waals surface area contributed by atoms with Gasteiger partial charge < -0.3 is 10.3 Å². The first-order valence-electron chi connectivity index (χ1n) is 6.17. The van der Waals surface area contributed by atoms with Crippen LogP contribution < -0.4 is 10.9 Å². The molecule has 0 aliphatic rings. The minimum Gasteiger partial charge on any atom is -0.307 e. The number of nitrogens with one attached hydrogen (secondary N) is 2. The van der Waals surface area contributed by atoms with Crippen molar-refractivity contribution in [2.45, 2.75) is 26.4 Å². The summed E-state index contributed by atoms with van der Waals surface area (Å²) in [7, 11) is 0. The van der Waals surface area contributed by atoms with Gasteiger partial charge >= 0.3 is 12.1 Å². The highest BCUT2D eigenvalue weighted by Gasteiger charge is 2.39. The Morgan fingerprint density at radius 1 is 1.48 bits per heavy atom. The van der Waals surface area contributed by atoms with Crippen molar-refractivity contribution in [1.82, 2.24) is 14.6 Å². The lowest BCUT2D eigenvalue weighted by atomic mass is 10.0. The average Bonchev–Trinajstić information content (AvgIpc) is 2.65. The normalized spacial score (nSPS) is 12.1. The van der Waals surface area contributed by atoms with Crippen LogP contribution in [0.5, 0.6) is 0 Å². The zero-order valence-electron chi connectivity index (χ0n) is 11.3. The molecule has 0 radical (unpaired) electrons. The molecule has 2 aromatic rings. The molecule has 0 fully saturated rings. The van der Waals surface area contributed by atoms with Crippen molar-refractivity contribution in [3.8, 4) is 0 Å². The van der Waals surface area contributed by atoms with Crippen molar-refractivity contribution >= 4 is 17.4 Å². The molecule has 0 atom stereocenters. The molecule has 2 rings (SSSR count). The topological polar surface area (TPSA) is 79.3 Å². The fraction of sp³-hybridized carbons (Fsp3) is 0.417. The standard InChI is InChI=1S/C12H13F3N4O2/c1-6(2)5-7-9(17-11(21)12(13,14)15)18-19-4-3-8(20)16-10(7)19/h3-4,6H,5H2,1-2H3,(H,16,20)(H,17,18,21). The van der Waals surface area contributed by atoms with E-state index in [1.165, 1.54) is 16.8 Å². The number of halogens is 3. The van der Waals surface area contributed by atoms with E-state index in [1.54, 1.807) is 5.32 Å². The maximum atomic E-state index is 12.3. The predicted molar refractivity (Wildman–Crippen MR) is 69.0 cm³/mol. The third kappa shape index (κ3) is 3.23. The largest absolute Gasteiger partial charge is 0.471 e. The second-order valence-corrected chi connectivity index (χ2v) is 4.98. The van der Waals surface area contributed by atoms with Gasteiger partial charge in [-0.25, -0.2) is 4.52 Å². The van der Waals surface area contributed by atoms with E-state index in [0.29, 0.717) is 12.0 Å². The van der Waals surface area contributed by atoms with Gasteiger partial charge in [0.2, 0.25) is 0 Å². The maximum absolute atomic E-state index is 12.3. The monoisotopic (exact) mass is 302 g/mol. The number of anilines is 1. The molecular formula is C12H13F3N4O2. The van der Waals surface area contributed by atoms with Crippen LogP contribution in [0.1, 0.15) is 19.4 Å². The lowest BCUT2D eigenvalue weighted by Gasteiger charge is -2.08. The van der Waals surface area contributed by atoms with E-state index in [9.17, 15) is 22.8 Å². The number of hydrogen-bond donors (Lipinski definition) is 2. The number of alkyl halides is 3. The van der Waals surface area contributed by atoms with E-state index < -0.39 is 17.6 Å². The van der Waals surface area contributed by atoms with Gasteiger partial charge in [0, 0.05) is 17.8 Å². The first-order valence-corrected chi connectivity index (χ1v) is 6.17. The fourth-order valence-corrected chi connectivity index (χ4v) is 1.89. The third-order valence-electron chi connectivity index (χ3n) is 2.72. The first-order chi connectivity index (χ1) is 9.68. The highest BCUT2D eigenvalue weighted by atomic mass is 19.4. The van der Waals surface area contributed by atoms with Gasteiger partial charge in [-0.15, -0.1) is 5.10 Å². The Morgan fingerprint density at radius 3 is 2.71 bits per heavy atom. The lowest BCUT2D eigenvalue weighted by Crippen LogP contribution is -2.30. The Kier molecular flexibility index (Phi) is 3.75. The zero-order chi connectivity index (χ0) is 15.8. The van der Waals surface area contributed by atoms with Crippen LogP contribution in [0.4, 0.5) is 19.0 Å². The number of amides is 1.